The summed E-state index contributed by atoms with van der Waals surface area (Å²) in [6.45, 7) is 2.96. The van der Waals surface area contributed by atoms with Crippen LogP contribution in [0.2, 0.25) is 0 Å². The Labute approximate surface area is 227 Å². The SMILES string of the molecule is CCCCCOc1ccc(OC(=O)/C=C/c2ccc(OCCc3c(N)cc(N)cc3C(=O)O)c(OC)c2)cc1. The van der Waals surface area contributed by atoms with Crippen LogP contribution in [-0.4, -0.2) is 37.4 Å². The van der Waals surface area contributed by atoms with Gasteiger partial charge in [-0.3, -0.25) is 0 Å². The highest BCUT2D eigenvalue weighted by Crippen LogP contribution is 2.29. The largest absolute Gasteiger partial charge is 0.494 e. The molecule has 3 aromatic rings. The number of anilines is 2. The third kappa shape index (κ3) is 8.70. The third-order valence-electron chi connectivity index (χ3n) is 5.81. The number of unbranched alkanes of at least 4 members (excludes halogenated alkanes) is 2. The molecule has 0 amide bonds. The molecular formula is C30H34N2O7. The molecule has 0 aliphatic rings. The van der Waals surface area contributed by atoms with E-state index in [0.29, 0.717) is 40.7 Å². The van der Waals surface area contributed by atoms with Crippen LogP contribution in [-0.2, 0) is 11.2 Å². The maximum Gasteiger partial charge on any atom is 0.336 e. The van der Waals surface area contributed by atoms with E-state index in [1.54, 1.807) is 48.5 Å². The first kappa shape index (κ1) is 28.9. The van der Waals surface area contributed by atoms with Crippen molar-refractivity contribution in [2.45, 2.75) is 32.6 Å². The molecule has 0 aromatic heterocycles. The first-order chi connectivity index (χ1) is 18.8. The molecule has 0 aliphatic carbocycles. The maximum absolute atomic E-state index is 12.3. The number of hydrogen-bond donors (Lipinski definition) is 3. The number of benzene rings is 3. The van der Waals surface area contributed by atoms with Crippen molar-refractivity contribution in [2.24, 2.45) is 0 Å². The quantitative estimate of drug-likeness (QED) is 0.0818. The number of hydrogen-bond acceptors (Lipinski definition) is 8. The van der Waals surface area contributed by atoms with E-state index in [1.165, 1.54) is 25.3 Å². The molecule has 0 atom stereocenters. The lowest BCUT2D eigenvalue weighted by Crippen LogP contribution is -2.11. The summed E-state index contributed by atoms with van der Waals surface area (Å²) in [5.41, 5.74) is 13.5. The van der Waals surface area contributed by atoms with Crippen molar-refractivity contribution in [3.8, 4) is 23.0 Å². The summed E-state index contributed by atoms with van der Waals surface area (Å²) in [6, 6.07) is 15.0. The first-order valence-corrected chi connectivity index (χ1v) is 12.7. The highest BCUT2D eigenvalue weighted by Gasteiger charge is 2.15. The number of esters is 1. The Morgan fingerprint density at radius 3 is 2.33 bits per heavy atom. The summed E-state index contributed by atoms with van der Waals surface area (Å²) >= 11 is 0. The fraction of sp³-hybridized carbons (Fsp3) is 0.267. The van der Waals surface area contributed by atoms with Crippen molar-refractivity contribution in [3.05, 3.63) is 77.4 Å². The predicted octanol–water partition coefficient (Wildman–Crippen LogP) is 5.37. The standard InChI is InChI=1S/C30H34N2O7/c1-3-4-5-15-37-22-8-10-23(11-9-22)39-29(33)13-7-20-6-12-27(28(17-20)36-2)38-16-14-24-25(30(34)35)18-21(31)19-26(24)32/h6-13,17-19H,3-5,14-16,31-32H2,1-2H3,(H,34,35)/b13-7+. The lowest BCUT2D eigenvalue weighted by molar-refractivity contribution is -0.128. The Kier molecular flexibility index (Phi) is 10.6. The Morgan fingerprint density at radius 2 is 1.64 bits per heavy atom. The topological polar surface area (TPSA) is 143 Å². The lowest BCUT2D eigenvalue weighted by Gasteiger charge is -2.14. The number of carboxylic acids is 1. The van der Waals surface area contributed by atoms with Crippen molar-refractivity contribution >= 4 is 29.4 Å². The van der Waals surface area contributed by atoms with E-state index in [4.69, 9.17) is 30.4 Å². The van der Waals surface area contributed by atoms with Crippen LogP contribution in [0.4, 0.5) is 11.4 Å². The molecule has 39 heavy (non-hydrogen) atoms. The predicted molar refractivity (Wildman–Crippen MR) is 151 cm³/mol. The second-order valence-electron chi connectivity index (χ2n) is 8.73. The van der Waals surface area contributed by atoms with Crippen LogP contribution in [0.5, 0.6) is 23.0 Å². The second-order valence-corrected chi connectivity index (χ2v) is 8.73. The number of nitrogens with two attached hydrogens (primary N) is 2. The molecule has 3 rings (SSSR count). The van der Waals surface area contributed by atoms with E-state index in [1.807, 2.05) is 0 Å². The lowest BCUT2D eigenvalue weighted by atomic mass is 10.0. The van der Waals surface area contributed by atoms with E-state index in [0.717, 1.165) is 25.0 Å². The maximum atomic E-state index is 12.3. The monoisotopic (exact) mass is 534 g/mol. The minimum atomic E-state index is -1.11. The highest BCUT2D eigenvalue weighted by molar-refractivity contribution is 5.92. The number of methoxy groups -OCH3 is 1. The zero-order valence-corrected chi connectivity index (χ0v) is 22.1. The van der Waals surface area contributed by atoms with Crippen molar-refractivity contribution < 1.29 is 33.6 Å². The molecule has 5 N–H and O–H groups in total. The molecule has 0 saturated heterocycles. The van der Waals surface area contributed by atoms with Gasteiger partial charge in [-0.1, -0.05) is 25.8 Å². The van der Waals surface area contributed by atoms with Gasteiger partial charge in [-0.2, -0.15) is 0 Å². The number of aromatic carboxylic acids is 1. The van der Waals surface area contributed by atoms with Crippen LogP contribution in [0.25, 0.3) is 6.08 Å². The fourth-order valence-electron chi connectivity index (χ4n) is 3.82. The molecule has 0 fully saturated rings. The van der Waals surface area contributed by atoms with E-state index >= 15 is 0 Å². The minimum Gasteiger partial charge on any atom is -0.494 e. The Hall–Kier alpha value is -4.66. The molecule has 0 unspecified atom stereocenters. The van der Waals surface area contributed by atoms with E-state index in [2.05, 4.69) is 6.92 Å². The van der Waals surface area contributed by atoms with E-state index < -0.39 is 11.9 Å². The first-order valence-electron chi connectivity index (χ1n) is 12.7. The smallest absolute Gasteiger partial charge is 0.336 e. The molecule has 206 valence electrons. The van der Waals surface area contributed by atoms with Crippen LogP contribution in [0.15, 0.2) is 60.7 Å². The van der Waals surface area contributed by atoms with Gasteiger partial charge in [0.1, 0.15) is 11.5 Å². The van der Waals surface area contributed by atoms with E-state index in [9.17, 15) is 14.7 Å². The number of ether oxygens (including phenoxy) is 4. The number of rotatable bonds is 14. The van der Waals surface area contributed by atoms with Gasteiger partial charge in [0, 0.05) is 23.9 Å². The summed E-state index contributed by atoms with van der Waals surface area (Å²) in [6.07, 6.45) is 6.45. The highest BCUT2D eigenvalue weighted by atomic mass is 16.5. The molecular weight excluding hydrogens is 500 g/mol. The van der Waals surface area contributed by atoms with Gasteiger partial charge in [0.15, 0.2) is 11.5 Å². The fourth-order valence-corrected chi connectivity index (χ4v) is 3.82. The van der Waals surface area contributed by atoms with Crippen LogP contribution >= 0.6 is 0 Å². The van der Waals surface area contributed by atoms with Gasteiger partial charge in [-0.25, -0.2) is 9.59 Å². The zero-order valence-electron chi connectivity index (χ0n) is 22.1. The molecule has 0 bridgehead atoms. The third-order valence-corrected chi connectivity index (χ3v) is 5.81. The van der Waals surface area contributed by atoms with Crippen molar-refractivity contribution in [1.29, 1.82) is 0 Å². The van der Waals surface area contributed by atoms with E-state index in [-0.39, 0.29) is 24.3 Å². The average Bonchev–Trinajstić information content (AvgIpc) is 2.92. The van der Waals surface area contributed by atoms with Crippen LogP contribution in [0, 0.1) is 0 Å². The van der Waals surface area contributed by atoms with Gasteiger partial charge in [0.2, 0.25) is 0 Å². The average molecular weight is 535 g/mol. The number of carboxylic acid groups (broad SMARTS) is 1. The molecule has 0 aliphatic heterocycles. The molecule has 0 heterocycles. The molecule has 9 heteroatoms. The molecule has 0 saturated carbocycles. The molecule has 9 nitrogen and oxygen atoms in total. The van der Waals surface area contributed by atoms with Gasteiger partial charge in [-0.15, -0.1) is 0 Å². The molecule has 3 aromatic carbocycles. The second kappa shape index (κ2) is 14.3. The Bertz CT molecular complexity index is 1300. The van der Waals surface area contributed by atoms with Crippen molar-refractivity contribution in [2.75, 3.05) is 31.8 Å². The van der Waals surface area contributed by atoms with Gasteiger partial charge in [-0.05, 0) is 72.2 Å². The number of nitrogen functional groups attached to an aromatic ring is 2. The van der Waals surface area contributed by atoms with Crippen LogP contribution in [0.3, 0.4) is 0 Å². The minimum absolute atomic E-state index is 0.0436. The van der Waals surface area contributed by atoms with Crippen LogP contribution < -0.4 is 30.4 Å². The summed E-state index contributed by atoms with van der Waals surface area (Å²) < 4.78 is 22.3. The molecule has 0 spiro atoms. The normalized spacial score (nSPS) is 10.8. The van der Waals surface area contributed by atoms with Gasteiger partial charge in [0.05, 0.1) is 25.9 Å². The van der Waals surface area contributed by atoms with Gasteiger partial charge < -0.3 is 35.5 Å². The number of carbonyl (C=O) groups excluding carboxylic acids is 1. The van der Waals surface area contributed by atoms with Gasteiger partial charge in [0.25, 0.3) is 0 Å². The Morgan fingerprint density at radius 1 is 0.897 bits per heavy atom. The van der Waals surface area contributed by atoms with Crippen molar-refractivity contribution in [1.82, 2.24) is 0 Å². The molecule has 0 radical (unpaired) electrons. The van der Waals surface area contributed by atoms with Crippen LogP contribution in [0.1, 0.15) is 47.7 Å². The van der Waals surface area contributed by atoms with Gasteiger partial charge >= 0.3 is 11.9 Å². The summed E-state index contributed by atoms with van der Waals surface area (Å²) in [5, 5.41) is 9.45. The Balaban J connectivity index is 1.56. The zero-order chi connectivity index (χ0) is 28.2. The summed E-state index contributed by atoms with van der Waals surface area (Å²) in [4.78, 5) is 23.8. The summed E-state index contributed by atoms with van der Waals surface area (Å²) in [7, 11) is 1.50. The summed E-state index contributed by atoms with van der Waals surface area (Å²) in [5.74, 6) is 0.417. The number of carbonyl (C=O) groups is 2. The van der Waals surface area contributed by atoms with Crippen molar-refractivity contribution in [3.63, 3.8) is 0 Å².